The highest BCUT2D eigenvalue weighted by molar-refractivity contribution is 9.10. The van der Waals surface area contributed by atoms with Crippen LogP contribution < -0.4 is 4.90 Å². The van der Waals surface area contributed by atoms with Gasteiger partial charge in [-0.3, -0.25) is 4.79 Å². The van der Waals surface area contributed by atoms with Gasteiger partial charge in [0.15, 0.2) is 0 Å². The molecule has 0 aliphatic carbocycles. The van der Waals surface area contributed by atoms with Gasteiger partial charge in [-0.15, -0.1) is 0 Å². The van der Waals surface area contributed by atoms with Gasteiger partial charge in [0.05, 0.1) is 5.92 Å². The molecular weight excluding hydrogens is 282 g/mol. The van der Waals surface area contributed by atoms with E-state index in [0.29, 0.717) is 0 Å². The van der Waals surface area contributed by atoms with Crippen LogP contribution >= 0.6 is 15.9 Å². The predicted molar refractivity (Wildman–Crippen MR) is 71.4 cm³/mol. The van der Waals surface area contributed by atoms with E-state index in [1.54, 1.807) is 0 Å². The number of carboxylic acids is 1. The van der Waals surface area contributed by atoms with Crippen molar-refractivity contribution < 1.29 is 9.90 Å². The number of aryl methyl sites for hydroxylation is 1. The number of hydrogen-bond acceptors (Lipinski definition) is 2. The van der Waals surface area contributed by atoms with Crippen molar-refractivity contribution in [3.63, 3.8) is 0 Å². The molecule has 1 saturated heterocycles. The minimum atomic E-state index is -0.686. The van der Waals surface area contributed by atoms with E-state index in [9.17, 15) is 4.79 Å². The van der Waals surface area contributed by atoms with Crippen molar-refractivity contribution in [3.05, 3.63) is 28.2 Å². The number of rotatable bonds is 2. The van der Waals surface area contributed by atoms with Crippen molar-refractivity contribution in [1.29, 1.82) is 0 Å². The zero-order valence-electron chi connectivity index (χ0n) is 9.98. The van der Waals surface area contributed by atoms with Crippen LogP contribution in [0.1, 0.15) is 18.9 Å². The molecule has 92 valence electrons. The fourth-order valence-electron chi connectivity index (χ4n) is 2.44. The second kappa shape index (κ2) is 4.69. The van der Waals surface area contributed by atoms with Gasteiger partial charge >= 0.3 is 5.97 Å². The Morgan fingerprint density at radius 1 is 1.53 bits per heavy atom. The summed E-state index contributed by atoms with van der Waals surface area (Å²) in [5.74, 6) is -0.937. The monoisotopic (exact) mass is 297 g/mol. The van der Waals surface area contributed by atoms with Gasteiger partial charge in [-0.05, 0) is 44.0 Å². The van der Waals surface area contributed by atoms with E-state index in [0.717, 1.165) is 23.1 Å². The molecule has 0 radical (unpaired) electrons. The maximum atomic E-state index is 11.1. The number of carbonyl (C=O) groups is 1. The van der Waals surface area contributed by atoms with E-state index in [2.05, 4.69) is 26.9 Å². The minimum Gasteiger partial charge on any atom is -0.481 e. The molecule has 2 rings (SSSR count). The first-order chi connectivity index (χ1) is 8.00. The summed E-state index contributed by atoms with van der Waals surface area (Å²) in [4.78, 5) is 13.3. The van der Waals surface area contributed by atoms with Crippen molar-refractivity contribution in [2.75, 3.05) is 11.4 Å². The normalized spacial score (nSPS) is 24.1. The molecule has 0 spiro atoms. The number of aliphatic carboxylic acids is 1. The van der Waals surface area contributed by atoms with Gasteiger partial charge in [0, 0.05) is 22.7 Å². The zero-order chi connectivity index (χ0) is 12.6. The lowest BCUT2D eigenvalue weighted by Gasteiger charge is -2.26. The molecule has 0 amide bonds. The third kappa shape index (κ3) is 2.32. The molecule has 1 N–H and O–H groups in total. The lowest BCUT2D eigenvalue weighted by molar-refractivity contribution is -0.141. The number of anilines is 1. The summed E-state index contributed by atoms with van der Waals surface area (Å²) < 4.78 is 1.09. The standard InChI is InChI=1S/C13H16BrNO2/c1-8-7-10(3-4-12(8)14)15-6-5-11(9(15)2)13(16)17/h3-4,7,9,11H,5-6H2,1-2H3,(H,16,17). The Kier molecular flexibility index (Phi) is 3.43. The first-order valence-corrected chi connectivity index (χ1v) is 6.55. The van der Waals surface area contributed by atoms with Gasteiger partial charge < -0.3 is 10.0 Å². The van der Waals surface area contributed by atoms with Crippen LogP contribution in [0.4, 0.5) is 5.69 Å². The van der Waals surface area contributed by atoms with E-state index in [1.165, 1.54) is 5.56 Å². The third-order valence-electron chi connectivity index (χ3n) is 3.55. The van der Waals surface area contributed by atoms with Crippen LogP contribution in [0.2, 0.25) is 0 Å². The topological polar surface area (TPSA) is 40.5 Å². The maximum absolute atomic E-state index is 11.1. The Morgan fingerprint density at radius 2 is 2.24 bits per heavy atom. The summed E-state index contributed by atoms with van der Waals surface area (Å²) in [6.07, 6.45) is 0.728. The summed E-state index contributed by atoms with van der Waals surface area (Å²) in [5, 5.41) is 9.11. The Hall–Kier alpha value is -1.03. The number of hydrogen-bond donors (Lipinski definition) is 1. The second-order valence-corrected chi connectivity index (χ2v) is 5.46. The van der Waals surface area contributed by atoms with E-state index in [1.807, 2.05) is 26.0 Å². The van der Waals surface area contributed by atoms with Crippen molar-refractivity contribution >= 4 is 27.6 Å². The average Bonchev–Trinajstić information content (AvgIpc) is 2.64. The van der Waals surface area contributed by atoms with Crippen molar-refractivity contribution in [3.8, 4) is 0 Å². The molecule has 0 saturated carbocycles. The highest BCUT2D eigenvalue weighted by Crippen LogP contribution is 2.31. The Labute approximate surface area is 110 Å². The molecule has 0 bridgehead atoms. The maximum Gasteiger partial charge on any atom is 0.308 e. The van der Waals surface area contributed by atoms with Crippen LogP contribution in [0.5, 0.6) is 0 Å². The highest BCUT2D eigenvalue weighted by Gasteiger charge is 2.35. The first-order valence-electron chi connectivity index (χ1n) is 5.76. The Bertz CT molecular complexity index is 447. The van der Waals surface area contributed by atoms with Crippen molar-refractivity contribution in [1.82, 2.24) is 0 Å². The van der Waals surface area contributed by atoms with E-state index in [4.69, 9.17) is 5.11 Å². The molecule has 2 unspecified atom stereocenters. The molecular formula is C13H16BrNO2. The third-order valence-corrected chi connectivity index (χ3v) is 4.44. The smallest absolute Gasteiger partial charge is 0.308 e. The lowest BCUT2D eigenvalue weighted by atomic mass is 10.0. The largest absolute Gasteiger partial charge is 0.481 e. The highest BCUT2D eigenvalue weighted by atomic mass is 79.9. The predicted octanol–water partition coefficient (Wildman–Crippen LogP) is 3.06. The number of benzene rings is 1. The minimum absolute atomic E-state index is 0.0630. The molecule has 1 fully saturated rings. The van der Waals surface area contributed by atoms with E-state index < -0.39 is 5.97 Å². The molecule has 0 aromatic heterocycles. The fourth-order valence-corrected chi connectivity index (χ4v) is 2.69. The van der Waals surface area contributed by atoms with Crippen LogP contribution in [0.15, 0.2) is 22.7 Å². The zero-order valence-corrected chi connectivity index (χ0v) is 11.6. The average molecular weight is 298 g/mol. The first kappa shape index (κ1) is 12.4. The summed E-state index contributed by atoms with van der Waals surface area (Å²) >= 11 is 3.48. The summed E-state index contributed by atoms with van der Waals surface area (Å²) in [6.45, 7) is 4.85. The quantitative estimate of drug-likeness (QED) is 0.912. The van der Waals surface area contributed by atoms with Crippen molar-refractivity contribution in [2.45, 2.75) is 26.3 Å². The molecule has 1 heterocycles. The van der Waals surface area contributed by atoms with Gasteiger partial charge in [0.1, 0.15) is 0 Å². The van der Waals surface area contributed by atoms with Crippen LogP contribution in [0.25, 0.3) is 0 Å². The Balaban J connectivity index is 2.24. The van der Waals surface area contributed by atoms with Gasteiger partial charge in [-0.1, -0.05) is 15.9 Å². The summed E-state index contributed by atoms with van der Waals surface area (Å²) in [5.41, 5.74) is 2.29. The van der Waals surface area contributed by atoms with Gasteiger partial charge in [-0.25, -0.2) is 0 Å². The van der Waals surface area contributed by atoms with Crippen molar-refractivity contribution in [2.24, 2.45) is 5.92 Å². The van der Waals surface area contributed by atoms with Crippen LogP contribution in [-0.4, -0.2) is 23.7 Å². The number of carboxylic acid groups (broad SMARTS) is 1. The molecule has 1 aliphatic rings. The van der Waals surface area contributed by atoms with Gasteiger partial charge in [-0.2, -0.15) is 0 Å². The molecule has 17 heavy (non-hydrogen) atoms. The Morgan fingerprint density at radius 3 is 2.76 bits per heavy atom. The lowest BCUT2D eigenvalue weighted by Crippen LogP contribution is -2.32. The van der Waals surface area contributed by atoms with E-state index >= 15 is 0 Å². The number of nitrogens with zero attached hydrogens (tertiary/aromatic N) is 1. The molecule has 4 heteroatoms. The van der Waals surface area contributed by atoms with Crippen LogP contribution in [0.3, 0.4) is 0 Å². The molecule has 1 aliphatic heterocycles. The fraction of sp³-hybridized carbons (Fsp3) is 0.462. The molecule has 3 nitrogen and oxygen atoms in total. The van der Waals surface area contributed by atoms with Crippen LogP contribution in [0, 0.1) is 12.8 Å². The SMILES string of the molecule is Cc1cc(N2CCC(C(=O)O)C2C)ccc1Br. The van der Waals surface area contributed by atoms with Crippen LogP contribution in [-0.2, 0) is 4.79 Å². The molecule has 1 aromatic rings. The van der Waals surface area contributed by atoms with Gasteiger partial charge in [0.2, 0.25) is 0 Å². The van der Waals surface area contributed by atoms with E-state index in [-0.39, 0.29) is 12.0 Å². The molecule has 2 atom stereocenters. The summed E-state index contributed by atoms with van der Waals surface area (Å²) in [6, 6.07) is 6.22. The van der Waals surface area contributed by atoms with Gasteiger partial charge in [0.25, 0.3) is 0 Å². The summed E-state index contributed by atoms with van der Waals surface area (Å²) in [7, 11) is 0. The molecule has 1 aromatic carbocycles. The second-order valence-electron chi connectivity index (χ2n) is 4.60. The number of halogens is 1.